The second kappa shape index (κ2) is 7.20. The Balaban J connectivity index is 2.92. The van der Waals surface area contributed by atoms with Gasteiger partial charge in [-0.2, -0.15) is 0 Å². The summed E-state index contributed by atoms with van der Waals surface area (Å²) in [5, 5.41) is 2.83. The van der Waals surface area contributed by atoms with Gasteiger partial charge in [-0.3, -0.25) is 13.8 Å². The van der Waals surface area contributed by atoms with Crippen LogP contribution in [-0.2, 0) is 20.4 Å². The molecule has 1 fully saturated rings. The number of hydrogen-bond donors (Lipinski definition) is 1. The van der Waals surface area contributed by atoms with Crippen molar-refractivity contribution in [2.45, 2.75) is 58.7 Å². The minimum absolute atomic E-state index is 0.0131. The van der Waals surface area contributed by atoms with Crippen LogP contribution in [0.15, 0.2) is 0 Å². The zero-order valence-electron chi connectivity index (χ0n) is 13.0. The van der Waals surface area contributed by atoms with Gasteiger partial charge in [0.25, 0.3) is 0 Å². The van der Waals surface area contributed by atoms with Crippen molar-refractivity contribution in [3.8, 4) is 0 Å². The van der Waals surface area contributed by atoms with Crippen molar-refractivity contribution >= 4 is 22.6 Å². The molecule has 0 aliphatic carbocycles. The Kier molecular flexibility index (Phi) is 6.17. The molecule has 0 saturated carbocycles. The second-order valence-corrected chi connectivity index (χ2v) is 7.37. The Morgan fingerprint density at radius 1 is 1.30 bits per heavy atom. The van der Waals surface area contributed by atoms with E-state index in [4.69, 9.17) is 0 Å². The number of amides is 2. The molecule has 4 atom stereocenters. The Morgan fingerprint density at radius 2 is 1.90 bits per heavy atom. The highest BCUT2D eigenvalue weighted by molar-refractivity contribution is 7.84. The zero-order chi connectivity index (χ0) is 15.4. The molecule has 1 aliphatic rings. The van der Waals surface area contributed by atoms with Crippen molar-refractivity contribution in [3.63, 3.8) is 0 Å². The monoisotopic (exact) mass is 302 g/mol. The van der Waals surface area contributed by atoms with Gasteiger partial charge in [-0.05, 0) is 25.7 Å². The summed E-state index contributed by atoms with van der Waals surface area (Å²) in [7, 11) is -0.880. The van der Waals surface area contributed by atoms with E-state index in [1.54, 1.807) is 11.2 Å². The molecule has 1 rings (SSSR count). The molecule has 0 radical (unpaired) electrons. The van der Waals surface area contributed by atoms with Crippen molar-refractivity contribution in [1.82, 2.24) is 10.2 Å². The van der Waals surface area contributed by atoms with E-state index in [2.05, 4.69) is 5.32 Å². The van der Waals surface area contributed by atoms with Crippen molar-refractivity contribution in [2.75, 3.05) is 12.0 Å². The van der Waals surface area contributed by atoms with Gasteiger partial charge in [0.05, 0.1) is 0 Å². The van der Waals surface area contributed by atoms with Crippen LogP contribution in [0.2, 0.25) is 0 Å². The molecular weight excluding hydrogens is 276 g/mol. The van der Waals surface area contributed by atoms with Crippen LogP contribution in [-0.4, -0.2) is 51.1 Å². The van der Waals surface area contributed by atoms with Gasteiger partial charge >= 0.3 is 0 Å². The van der Waals surface area contributed by atoms with Gasteiger partial charge < -0.3 is 10.2 Å². The fourth-order valence-electron chi connectivity index (χ4n) is 2.59. The van der Waals surface area contributed by atoms with Crippen molar-refractivity contribution in [2.24, 2.45) is 5.92 Å². The Hall–Kier alpha value is -0.910. The first-order valence-electron chi connectivity index (χ1n) is 7.22. The lowest BCUT2D eigenvalue weighted by atomic mass is 9.95. The highest BCUT2D eigenvalue weighted by atomic mass is 32.2. The maximum absolute atomic E-state index is 12.6. The van der Waals surface area contributed by atoms with E-state index in [1.807, 2.05) is 27.7 Å². The third-order valence-corrected chi connectivity index (χ3v) is 4.62. The summed E-state index contributed by atoms with van der Waals surface area (Å²) in [6.45, 7) is 7.70. The average Bonchev–Trinajstić information content (AvgIpc) is 2.37. The molecule has 0 spiro atoms. The largest absolute Gasteiger partial charge is 0.342 e. The van der Waals surface area contributed by atoms with E-state index in [-0.39, 0.29) is 23.8 Å². The molecule has 20 heavy (non-hydrogen) atoms. The lowest BCUT2D eigenvalue weighted by molar-refractivity contribution is -0.153. The molecule has 2 amide bonds. The SMILES string of the molecule is CCC1C(=O)NC(C(C)C)C(=O)N1C(C)CCS(C)=O. The van der Waals surface area contributed by atoms with Gasteiger partial charge in [0.2, 0.25) is 11.8 Å². The third-order valence-electron chi connectivity index (χ3n) is 3.81. The smallest absolute Gasteiger partial charge is 0.246 e. The van der Waals surface area contributed by atoms with Crippen LogP contribution in [0.4, 0.5) is 0 Å². The molecule has 4 unspecified atom stereocenters. The van der Waals surface area contributed by atoms with Crippen LogP contribution in [0.25, 0.3) is 0 Å². The summed E-state index contributed by atoms with van der Waals surface area (Å²) >= 11 is 0. The lowest BCUT2D eigenvalue weighted by Gasteiger charge is -2.43. The highest BCUT2D eigenvalue weighted by Gasteiger charge is 2.42. The molecule has 116 valence electrons. The van der Waals surface area contributed by atoms with Gasteiger partial charge in [-0.1, -0.05) is 20.8 Å². The first-order chi connectivity index (χ1) is 9.29. The van der Waals surface area contributed by atoms with Crippen molar-refractivity contribution in [3.05, 3.63) is 0 Å². The van der Waals surface area contributed by atoms with E-state index >= 15 is 0 Å². The summed E-state index contributed by atoms with van der Waals surface area (Å²) < 4.78 is 11.2. The molecule has 0 aromatic heterocycles. The molecule has 0 bridgehead atoms. The number of carbonyl (C=O) groups excluding carboxylic acids is 2. The van der Waals surface area contributed by atoms with Crippen molar-refractivity contribution < 1.29 is 13.8 Å². The van der Waals surface area contributed by atoms with Crippen LogP contribution >= 0.6 is 0 Å². The first-order valence-corrected chi connectivity index (χ1v) is 8.94. The fourth-order valence-corrected chi connectivity index (χ4v) is 3.26. The normalized spacial score (nSPS) is 26.6. The molecular formula is C14H26N2O3S. The van der Waals surface area contributed by atoms with E-state index in [0.717, 1.165) is 0 Å². The van der Waals surface area contributed by atoms with Gasteiger partial charge in [0.15, 0.2) is 0 Å². The summed E-state index contributed by atoms with van der Waals surface area (Å²) in [5.41, 5.74) is 0. The molecule has 5 nitrogen and oxygen atoms in total. The van der Waals surface area contributed by atoms with Crippen LogP contribution < -0.4 is 5.32 Å². The fraction of sp³-hybridized carbons (Fsp3) is 0.857. The summed E-state index contributed by atoms with van der Waals surface area (Å²) in [4.78, 5) is 26.5. The minimum Gasteiger partial charge on any atom is -0.342 e. The molecule has 0 aromatic rings. The number of hydrogen-bond acceptors (Lipinski definition) is 3. The zero-order valence-corrected chi connectivity index (χ0v) is 13.8. The topological polar surface area (TPSA) is 66.5 Å². The van der Waals surface area contributed by atoms with Gasteiger partial charge in [-0.25, -0.2) is 0 Å². The lowest BCUT2D eigenvalue weighted by Crippen LogP contribution is -2.66. The second-order valence-electron chi connectivity index (χ2n) is 5.81. The summed E-state index contributed by atoms with van der Waals surface area (Å²) in [5.74, 6) is 0.533. The van der Waals surface area contributed by atoms with Crippen LogP contribution in [0.5, 0.6) is 0 Å². The molecule has 0 aromatic carbocycles. The predicted molar refractivity (Wildman–Crippen MR) is 80.7 cm³/mol. The van der Waals surface area contributed by atoms with Gasteiger partial charge in [0.1, 0.15) is 12.1 Å². The number of nitrogens with one attached hydrogen (secondary N) is 1. The molecule has 1 saturated heterocycles. The van der Waals surface area contributed by atoms with E-state index in [1.165, 1.54) is 0 Å². The first kappa shape index (κ1) is 17.1. The highest BCUT2D eigenvalue weighted by Crippen LogP contribution is 2.21. The number of nitrogens with zero attached hydrogens (tertiary/aromatic N) is 1. The van der Waals surface area contributed by atoms with Crippen LogP contribution in [0.3, 0.4) is 0 Å². The van der Waals surface area contributed by atoms with E-state index in [0.29, 0.717) is 18.6 Å². The quantitative estimate of drug-likeness (QED) is 0.793. The number of piperazine rings is 1. The minimum atomic E-state index is -0.880. The van der Waals surface area contributed by atoms with E-state index < -0.39 is 22.9 Å². The molecule has 1 N–H and O–H groups in total. The van der Waals surface area contributed by atoms with Crippen LogP contribution in [0, 0.1) is 5.92 Å². The summed E-state index contributed by atoms with van der Waals surface area (Å²) in [6.07, 6.45) is 2.91. The number of rotatable bonds is 6. The van der Waals surface area contributed by atoms with Gasteiger partial charge in [0, 0.05) is 28.9 Å². The average molecular weight is 302 g/mol. The Morgan fingerprint density at radius 3 is 2.35 bits per heavy atom. The molecule has 6 heteroatoms. The van der Waals surface area contributed by atoms with Gasteiger partial charge in [-0.15, -0.1) is 0 Å². The molecule has 1 aliphatic heterocycles. The number of carbonyl (C=O) groups is 2. The maximum atomic E-state index is 12.6. The molecule has 1 heterocycles. The summed E-state index contributed by atoms with van der Waals surface area (Å²) in [6, 6.07) is -0.915. The standard InChI is InChI=1S/C14H26N2O3S/c1-6-11-13(17)15-12(9(2)3)14(18)16(11)10(4)7-8-20(5)19/h9-12H,6-8H2,1-5H3,(H,15,17). The Bertz CT molecular complexity index is 398. The predicted octanol–water partition coefficient (Wildman–Crippen LogP) is 0.905. The van der Waals surface area contributed by atoms with E-state index in [9.17, 15) is 13.8 Å². The third kappa shape index (κ3) is 3.81. The maximum Gasteiger partial charge on any atom is 0.246 e. The van der Waals surface area contributed by atoms with Crippen molar-refractivity contribution in [1.29, 1.82) is 0 Å². The van der Waals surface area contributed by atoms with Crippen LogP contribution in [0.1, 0.15) is 40.5 Å². The Labute approximate surface area is 123 Å².